The van der Waals surface area contributed by atoms with E-state index in [1.807, 2.05) is 0 Å². The first-order valence-electron chi connectivity index (χ1n) is 6.25. The number of carbonyl (C=O) groups excluding carboxylic acids is 1. The number of nitrogens with zero attached hydrogens (tertiary/aromatic N) is 1. The Morgan fingerprint density at radius 1 is 1.47 bits per heavy atom. The molecule has 17 heavy (non-hydrogen) atoms. The molecule has 2 fully saturated rings. The molecule has 1 amide bonds. The molecule has 0 radical (unpaired) electrons. The van der Waals surface area contributed by atoms with E-state index in [1.165, 1.54) is 0 Å². The van der Waals surface area contributed by atoms with Gasteiger partial charge in [-0.2, -0.15) is 0 Å². The van der Waals surface area contributed by atoms with E-state index < -0.39 is 11.4 Å². The molecule has 0 spiro atoms. The van der Waals surface area contributed by atoms with E-state index in [0.717, 1.165) is 19.4 Å². The first kappa shape index (κ1) is 12.4. The third-order valence-corrected chi connectivity index (χ3v) is 3.67. The van der Waals surface area contributed by atoms with Crippen molar-refractivity contribution in [3.8, 4) is 0 Å². The summed E-state index contributed by atoms with van der Waals surface area (Å²) in [6.07, 6.45) is 3.36. The van der Waals surface area contributed by atoms with E-state index in [0.29, 0.717) is 32.0 Å². The predicted octanol–water partition coefficient (Wildman–Crippen LogP) is 0.452. The van der Waals surface area contributed by atoms with Gasteiger partial charge in [-0.15, -0.1) is 0 Å². The Bertz CT molecular complexity index is 328. The molecule has 0 aromatic heterocycles. The van der Waals surface area contributed by atoms with Crippen molar-refractivity contribution in [1.29, 1.82) is 0 Å². The fourth-order valence-electron chi connectivity index (χ4n) is 2.21. The summed E-state index contributed by atoms with van der Waals surface area (Å²) in [6, 6.07) is 0.408. The number of nitrogens with one attached hydrogen (secondary N) is 1. The van der Waals surface area contributed by atoms with Crippen LogP contribution in [0.3, 0.4) is 0 Å². The smallest absolute Gasteiger partial charge is 0.310 e. The second kappa shape index (κ2) is 4.64. The summed E-state index contributed by atoms with van der Waals surface area (Å²) in [5.41, 5.74) is -0.632. The summed E-state index contributed by atoms with van der Waals surface area (Å²) >= 11 is 0. The standard InChI is InChI=1S/C12H20N2O3/c1-12(11(16)17)5-7-14(8-12)6-4-10(15)13-9-2-3-9/h9H,2-8H2,1H3,(H,13,15)(H,16,17). The van der Waals surface area contributed by atoms with Gasteiger partial charge < -0.3 is 15.3 Å². The average Bonchev–Trinajstić information content (AvgIpc) is 2.97. The van der Waals surface area contributed by atoms with E-state index in [2.05, 4.69) is 10.2 Å². The van der Waals surface area contributed by atoms with E-state index in [-0.39, 0.29) is 5.91 Å². The van der Waals surface area contributed by atoms with Crippen LogP contribution in [0.4, 0.5) is 0 Å². The summed E-state index contributed by atoms with van der Waals surface area (Å²) in [5.74, 6) is -0.640. The number of hydrogen-bond acceptors (Lipinski definition) is 3. The normalized spacial score (nSPS) is 29.2. The Hall–Kier alpha value is -1.10. The number of carboxylic acids is 1. The van der Waals surface area contributed by atoms with E-state index in [1.54, 1.807) is 6.92 Å². The molecule has 0 aromatic rings. The van der Waals surface area contributed by atoms with Crippen molar-refractivity contribution in [2.24, 2.45) is 5.41 Å². The second-order valence-corrected chi connectivity index (χ2v) is 5.48. The van der Waals surface area contributed by atoms with Crippen LogP contribution in [0.15, 0.2) is 0 Å². The van der Waals surface area contributed by atoms with Crippen LogP contribution in [-0.4, -0.2) is 47.6 Å². The molecular weight excluding hydrogens is 220 g/mol. The highest BCUT2D eigenvalue weighted by molar-refractivity contribution is 5.77. The molecule has 1 aliphatic carbocycles. The molecule has 2 N–H and O–H groups in total. The minimum Gasteiger partial charge on any atom is -0.481 e. The SMILES string of the molecule is CC1(C(=O)O)CCN(CCC(=O)NC2CC2)C1. The molecule has 1 saturated carbocycles. The van der Waals surface area contributed by atoms with Gasteiger partial charge in [0.15, 0.2) is 0 Å². The van der Waals surface area contributed by atoms with Gasteiger partial charge in [0.2, 0.25) is 5.91 Å². The maximum absolute atomic E-state index is 11.5. The van der Waals surface area contributed by atoms with Crippen LogP contribution in [0.5, 0.6) is 0 Å². The summed E-state index contributed by atoms with van der Waals surface area (Å²) < 4.78 is 0. The van der Waals surface area contributed by atoms with Gasteiger partial charge in [-0.3, -0.25) is 9.59 Å². The van der Waals surface area contributed by atoms with E-state index in [4.69, 9.17) is 5.11 Å². The van der Waals surface area contributed by atoms with Gasteiger partial charge in [0.1, 0.15) is 0 Å². The van der Waals surface area contributed by atoms with Crippen molar-refractivity contribution in [2.45, 2.75) is 38.6 Å². The zero-order chi connectivity index (χ0) is 12.5. The van der Waals surface area contributed by atoms with Gasteiger partial charge in [-0.05, 0) is 32.7 Å². The van der Waals surface area contributed by atoms with Gasteiger partial charge in [0, 0.05) is 25.6 Å². The molecule has 1 atom stereocenters. The zero-order valence-electron chi connectivity index (χ0n) is 10.2. The van der Waals surface area contributed by atoms with Crippen LogP contribution in [0, 0.1) is 5.41 Å². The molecule has 5 nitrogen and oxygen atoms in total. The van der Waals surface area contributed by atoms with Crippen molar-refractivity contribution in [3.63, 3.8) is 0 Å². The van der Waals surface area contributed by atoms with Gasteiger partial charge in [0.25, 0.3) is 0 Å². The van der Waals surface area contributed by atoms with Crippen molar-refractivity contribution in [3.05, 3.63) is 0 Å². The van der Waals surface area contributed by atoms with Crippen molar-refractivity contribution in [2.75, 3.05) is 19.6 Å². The predicted molar refractivity (Wildman–Crippen MR) is 62.6 cm³/mol. The van der Waals surface area contributed by atoms with Crippen molar-refractivity contribution < 1.29 is 14.7 Å². The van der Waals surface area contributed by atoms with Crippen molar-refractivity contribution in [1.82, 2.24) is 10.2 Å². The zero-order valence-corrected chi connectivity index (χ0v) is 10.2. The molecular formula is C12H20N2O3. The number of aliphatic carboxylic acids is 1. The van der Waals surface area contributed by atoms with E-state index in [9.17, 15) is 9.59 Å². The van der Waals surface area contributed by atoms with Crippen LogP contribution in [0.2, 0.25) is 0 Å². The molecule has 5 heteroatoms. The highest BCUT2D eigenvalue weighted by Gasteiger charge is 2.40. The number of carbonyl (C=O) groups is 2. The Morgan fingerprint density at radius 2 is 2.18 bits per heavy atom. The Balaban J connectivity index is 1.70. The molecule has 2 rings (SSSR count). The lowest BCUT2D eigenvalue weighted by molar-refractivity contribution is -0.147. The van der Waals surface area contributed by atoms with Gasteiger partial charge >= 0.3 is 5.97 Å². The van der Waals surface area contributed by atoms with E-state index >= 15 is 0 Å². The fraction of sp³-hybridized carbons (Fsp3) is 0.833. The van der Waals surface area contributed by atoms with Gasteiger partial charge in [-0.1, -0.05) is 0 Å². The maximum atomic E-state index is 11.5. The highest BCUT2D eigenvalue weighted by Crippen LogP contribution is 2.30. The monoisotopic (exact) mass is 240 g/mol. The summed E-state index contributed by atoms with van der Waals surface area (Å²) in [7, 11) is 0. The van der Waals surface area contributed by atoms with Crippen LogP contribution in [-0.2, 0) is 9.59 Å². The quantitative estimate of drug-likeness (QED) is 0.732. The average molecular weight is 240 g/mol. The van der Waals surface area contributed by atoms with Crippen LogP contribution < -0.4 is 5.32 Å². The second-order valence-electron chi connectivity index (χ2n) is 5.48. The number of likely N-dealkylation sites (tertiary alicyclic amines) is 1. The largest absolute Gasteiger partial charge is 0.481 e. The highest BCUT2D eigenvalue weighted by atomic mass is 16.4. The third kappa shape index (κ3) is 3.19. The molecule has 0 aromatic carbocycles. The maximum Gasteiger partial charge on any atom is 0.310 e. The molecule has 96 valence electrons. The molecule has 0 bridgehead atoms. The molecule has 1 aliphatic heterocycles. The lowest BCUT2D eigenvalue weighted by Crippen LogP contribution is -2.34. The lowest BCUT2D eigenvalue weighted by Gasteiger charge is -2.19. The van der Waals surface area contributed by atoms with Crippen LogP contribution in [0.25, 0.3) is 0 Å². The molecule has 1 saturated heterocycles. The molecule has 1 unspecified atom stereocenters. The first-order valence-corrected chi connectivity index (χ1v) is 6.25. The molecule has 2 aliphatic rings. The summed E-state index contributed by atoms with van der Waals surface area (Å²) in [5, 5.41) is 12.0. The molecule has 1 heterocycles. The Kier molecular flexibility index (Phi) is 3.38. The summed E-state index contributed by atoms with van der Waals surface area (Å²) in [4.78, 5) is 24.6. The van der Waals surface area contributed by atoms with Gasteiger partial charge in [-0.25, -0.2) is 0 Å². The van der Waals surface area contributed by atoms with Crippen molar-refractivity contribution >= 4 is 11.9 Å². The summed E-state index contributed by atoms with van der Waals surface area (Å²) in [6.45, 7) is 3.78. The minimum absolute atomic E-state index is 0.0939. The minimum atomic E-state index is -0.734. The first-order chi connectivity index (χ1) is 7.99. The van der Waals surface area contributed by atoms with Gasteiger partial charge in [0.05, 0.1) is 5.41 Å². The Labute approximate surface area is 101 Å². The lowest BCUT2D eigenvalue weighted by atomic mass is 9.90. The number of hydrogen-bond donors (Lipinski definition) is 2. The van der Waals surface area contributed by atoms with Crippen LogP contribution >= 0.6 is 0 Å². The number of rotatable bonds is 5. The Morgan fingerprint density at radius 3 is 2.71 bits per heavy atom. The number of carboxylic acid groups (broad SMARTS) is 1. The third-order valence-electron chi connectivity index (χ3n) is 3.67. The van der Waals surface area contributed by atoms with Crippen LogP contribution in [0.1, 0.15) is 32.6 Å². The number of amides is 1. The topological polar surface area (TPSA) is 69.6 Å². The fourth-order valence-corrected chi connectivity index (χ4v) is 2.21.